The molecule has 7 heteroatoms. The molecule has 1 aromatic carbocycles. The van der Waals surface area contributed by atoms with Crippen LogP contribution >= 0.6 is 0 Å². The number of methoxy groups -OCH3 is 1. The fraction of sp³-hybridized carbons (Fsp3) is 0.556. The van der Waals surface area contributed by atoms with Crippen LogP contribution in [0.15, 0.2) is 34.9 Å². The number of amides is 1. The number of esters is 1. The van der Waals surface area contributed by atoms with Crippen molar-refractivity contribution >= 4 is 23.6 Å². The summed E-state index contributed by atoms with van der Waals surface area (Å²) in [5, 5.41) is 4.09. The Morgan fingerprint density at radius 3 is 2.71 bits per heavy atom. The lowest BCUT2D eigenvalue weighted by Crippen LogP contribution is -2.38. The zero-order valence-electron chi connectivity index (χ0n) is 20.1. The van der Waals surface area contributed by atoms with Crippen LogP contribution in [0.2, 0.25) is 0 Å². The molecule has 1 heterocycles. The van der Waals surface area contributed by atoms with Gasteiger partial charge in [-0.2, -0.15) is 4.98 Å². The number of carbonyl (C=O) groups excluding carboxylic acids is 2. The summed E-state index contributed by atoms with van der Waals surface area (Å²) >= 11 is 0. The van der Waals surface area contributed by atoms with E-state index < -0.39 is 5.97 Å². The number of unbranched alkanes of at least 4 members (excludes halogenated alkanes) is 2. The van der Waals surface area contributed by atoms with Gasteiger partial charge in [-0.15, -0.1) is 0 Å². The zero-order chi connectivity index (χ0) is 23.8. The number of aromatic nitrogens is 2. The van der Waals surface area contributed by atoms with Crippen molar-refractivity contribution in [2.24, 2.45) is 5.92 Å². The molecule has 0 saturated heterocycles. The van der Waals surface area contributed by atoms with E-state index in [1.54, 1.807) is 6.08 Å². The smallest absolute Gasteiger partial charge is 0.330 e. The number of carbonyl (C=O) groups is 2. The second-order valence-corrected chi connectivity index (χ2v) is 9.41. The molecule has 1 amide bonds. The van der Waals surface area contributed by atoms with Crippen molar-refractivity contribution < 1.29 is 18.8 Å². The van der Waals surface area contributed by atoms with Crippen LogP contribution in [-0.2, 0) is 20.7 Å². The van der Waals surface area contributed by atoms with E-state index in [2.05, 4.69) is 14.9 Å². The highest BCUT2D eigenvalue weighted by Gasteiger charge is 2.29. The molecule has 7 nitrogen and oxygen atoms in total. The van der Waals surface area contributed by atoms with Crippen LogP contribution in [0.1, 0.15) is 87.4 Å². The molecule has 0 aliphatic heterocycles. The third-order valence-corrected chi connectivity index (χ3v) is 6.71. The van der Waals surface area contributed by atoms with Crippen LogP contribution in [0.3, 0.4) is 0 Å². The Morgan fingerprint density at radius 2 is 1.94 bits per heavy atom. The molecule has 1 aromatic heterocycles. The maximum atomic E-state index is 13.5. The van der Waals surface area contributed by atoms with Crippen LogP contribution in [0.4, 0.5) is 5.69 Å². The number of hydrogen-bond donors (Lipinski definition) is 0. The minimum Gasteiger partial charge on any atom is -0.466 e. The first-order chi connectivity index (χ1) is 16.6. The van der Waals surface area contributed by atoms with Gasteiger partial charge in [0.1, 0.15) is 0 Å². The number of ether oxygens (including phenoxy) is 1. The summed E-state index contributed by atoms with van der Waals surface area (Å²) in [6.07, 6.45) is 14.5. The molecular weight excluding hydrogens is 430 g/mol. The quantitative estimate of drug-likeness (QED) is 0.249. The fourth-order valence-electron chi connectivity index (χ4n) is 4.56. The molecule has 2 aromatic rings. The van der Waals surface area contributed by atoms with Gasteiger partial charge in [0.15, 0.2) is 5.82 Å². The van der Waals surface area contributed by atoms with E-state index in [0.717, 1.165) is 74.3 Å². The number of rotatable bonds is 11. The number of hydrogen-bond acceptors (Lipinski definition) is 6. The molecular formula is C27H35N3O4. The second kappa shape index (κ2) is 12.0. The van der Waals surface area contributed by atoms with Crippen molar-refractivity contribution in [2.75, 3.05) is 18.6 Å². The van der Waals surface area contributed by atoms with Crippen LogP contribution in [0.25, 0.3) is 6.08 Å². The molecule has 2 aliphatic carbocycles. The van der Waals surface area contributed by atoms with E-state index in [1.165, 1.54) is 32.4 Å². The highest BCUT2D eigenvalue weighted by Crippen LogP contribution is 2.38. The highest BCUT2D eigenvalue weighted by atomic mass is 16.5. The summed E-state index contributed by atoms with van der Waals surface area (Å²) in [6.45, 7) is 0.677. The maximum absolute atomic E-state index is 13.5. The van der Waals surface area contributed by atoms with E-state index in [4.69, 9.17) is 4.52 Å². The van der Waals surface area contributed by atoms with Gasteiger partial charge in [-0.1, -0.05) is 43.0 Å². The van der Waals surface area contributed by atoms with Gasteiger partial charge in [0, 0.05) is 36.6 Å². The molecule has 34 heavy (non-hydrogen) atoms. The molecule has 0 radical (unpaired) electrons. The van der Waals surface area contributed by atoms with Crippen molar-refractivity contribution in [3.63, 3.8) is 0 Å². The van der Waals surface area contributed by atoms with Crippen LogP contribution < -0.4 is 4.90 Å². The number of nitrogens with zero attached hydrogens (tertiary/aromatic N) is 3. The van der Waals surface area contributed by atoms with Gasteiger partial charge in [0.05, 0.1) is 7.11 Å². The number of benzene rings is 1. The minimum atomic E-state index is -0.397. The summed E-state index contributed by atoms with van der Waals surface area (Å²) in [5.41, 5.74) is 1.75. The molecule has 4 rings (SSSR count). The first-order valence-corrected chi connectivity index (χ1v) is 12.6. The summed E-state index contributed by atoms with van der Waals surface area (Å²) in [4.78, 5) is 31.4. The van der Waals surface area contributed by atoms with Gasteiger partial charge in [-0.05, 0) is 62.3 Å². The largest absolute Gasteiger partial charge is 0.466 e. The maximum Gasteiger partial charge on any atom is 0.330 e. The van der Waals surface area contributed by atoms with Crippen molar-refractivity contribution in [1.29, 1.82) is 0 Å². The Labute approximate surface area is 201 Å². The molecule has 182 valence electrons. The zero-order valence-corrected chi connectivity index (χ0v) is 20.1. The van der Waals surface area contributed by atoms with Gasteiger partial charge in [-0.3, -0.25) is 4.79 Å². The molecule has 0 spiro atoms. The normalized spacial score (nSPS) is 16.6. The molecule has 2 saturated carbocycles. The van der Waals surface area contributed by atoms with Gasteiger partial charge in [-0.25, -0.2) is 4.79 Å². The topological polar surface area (TPSA) is 85.5 Å². The molecule has 0 N–H and O–H groups in total. The van der Waals surface area contributed by atoms with Crippen molar-refractivity contribution in [3.05, 3.63) is 47.6 Å². The average molecular weight is 466 g/mol. The predicted octanol–water partition coefficient (Wildman–Crippen LogP) is 5.46. The standard InChI is InChI=1S/C27H35N3O4/c1-33-25(31)17-14-20-9-8-12-23(19-20)30(27(32)22-10-4-2-5-11-22)18-7-3-6-13-24-28-26(29-34-24)21-15-16-21/h8-9,12,14,17,19,21-22H,2-7,10-11,13,15-16,18H2,1H3/b17-14+. The van der Waals surface area contributed by atoms with Crippen LogP contribution in [0, 0.1) is 5.92 Å². The van der Waals surface area contributed by atoms with Gasteiger partial charge in [0.25, 0.3) is 0 Å². The van der Waals surface area contributed by atoms with Gasteiger partial charge in [0.2, 0.25) is 11.8 Å². The van der Waals surface area contributed by atoms with Gasteiger partial charge < -0.3 is 14.2 Å². The average Bonchev–Trinajstić information content (AvgIpc) is 3.63. The fourth-order valence-corrected chi connectivity index (χ4v) is 4.56. The van der Waals surface area contributed by atoms with Crippen molar-refractivity contribution in [2.45, 2.75) is 76.5 Å². The SMILES string of the molecule is COC(=O)/C=C/c1cccc(N(CCCCCc2nc(C3CC3)no2)C(=O)C2CCCCC2)c1. The minimum absolute atomic E-state index is 0.0993. The summed E-state index contributed by atoms with van der Waals surface area (Å²) in [5.74, 6) is 2.02. The van der Waals surface area contributed by atoms with E-state index in [9.17, 15) is 9.59 Å². The monoisotopic (exact) mass is 465 g/mol. The Kier molecular flexibility index (Phi) is 8.50. The number of anilines is 1. The van der Waals surface area contributed by atoms with E-state index in [0.29, 0.717) is 12.5 Å². The third-order valence-electron chi connectivity index (χ3n) is 6.71. The number of aryl methyl sites for hydroxylation is 1. The van der Waals surface area contributed by atoms with Gasteiger partial charge >= 0.3 is 5.97 Å². The van der Waals surface area contributed by atoms with Crippen molar-refractivity contribution in [3.8, 4) is 0 Å². The highest BCUT2D eigenvalue weighted by molar-refractivity contribution is 5.95. The summed E-state index contributed by atoms with van der Waals surface area (Å²) in [6, 6.07) is 7.80. The molecule has 0 atom stereocenters. The third kappa shape index (κ3) is 6.78. The summed E-state index contributed by atoms with van der Waals surface area (Å²) in [7, 11) is 1.36. The molecule has 2 fully saturated rings. The van der Waals surface area contributed by atoms with E-state index >= 15 is 0 Å². The first-order valence-electron chi connectivity index (χ1n) is 12.6. The Balaban J connectivity index is 1.36. The first kappa shape index (κ1) is 24.2. The van der Waals surface area contributed by atoms with Crippen molar-refractivity contribution in [1.82, 2.24) is 10.1 Å². The predicted molar refractivity (Wildman–Crippen MR) is 130 cm³/mol. The second-order valence-electron chi connectivity index (χ2n) is 9.41. The van der Waals surface area contributed by atoms with Crippen LogP contribution in [-0.4, -0.2) is 35.7 Å². The van der Waals surface area contributed by atoms with E-state index in [-0.39, 0.29) is 11.8 Å². The van der Waals surface area contributed by atoms with E-state index in [1.807, 2.05) is 29.2 Å². The molecule has 0 bridgehead atoms. The Morgan fingerprint density at radius 1 is 1.12 bits per heavy atom. The summed E-state index contributed by atoms with van der Waals surface area (Å²) < 4.78 is 10.1. The Bertz CT molecular complexity index is 989. The molecule has 0 unspecified atom stereocenters. The lowest BCUT2D eigenvalue weighted by atomic mass is 9.88. The lowest BCUT2D eigenvalue weighted by molar-refractivity contribution is -0.134. The van der Waals surface area contributed by atoms with Crippen LogP contribution in [0.5, 0.6) is 0 Å². The lowest BCUT2D eigenvalue weighted by Gasteiger charge is -2.30. The Hall–Kier alpha value is -2.96. The molecule has 2 aliphatic rings.